The van der Waals surface area contributed by atoms with E-state index >= 15 is 0 Å². The lowest BCUT2D eigenvalue weighted by Crippen LogP contribution is -2.45. The van der Waals surface area contributed by atoms with Gasteiger partial charge in [-0.15, -0.1) is 0 Å². The van der Waals surface area contributed by atoms with Gasteiger partial charge in [0.15, 0.2) is 0 Å². The molecule has 0 unspecified atom stereocenters. The fourth-order valence-electron chi connectivity index (χ4n) is 3.16. The lowest BCUT2D eigenvalue weighted by molar-refractivity contribution is -0.0467. The molecule has 2 aliphatic rings. The summed E-state index contributed by atoms with van der Waals surface area (Å²) in [6, 6.07) is 6.56. The summed E-state index contributed by atoms with van der Waals surface area (Å²) in [6.45, 7) is 6.08. The monoisotopic (exact) mass is 319 g/mol. The van der Waals surface area contributed by atoms with Crippen LogP contribution in [0.3, 0.4) is 0 Å². The fraction of sp³-hybridized carbons (Fsp3) is 0.529. The van der Waals surface area contributed by atoms with E-state index in [0.717, 1.165) is 12.0 Å². The second-order valence-electron chi connectivity index (χ2n) is 7.04. The van der Waals surface area contributed by atoms with Crippen LogP contribution in [0.2, 0.25) is 0 Å². The zero-order chi connectivity index (χ0) is 16.8. The van der Waals surface area contributed by atoms with E-state index in [4.69, 9.17) is 14.6 Å². The average molecular weight is 319 g/mol. The molecule has 2 aliphatic heterocycles. The molecule has 3 atom stereocenters. The normalized spacial score (nSPS) is 26.4. The quantitative estimate of drug-likeness (QED) is 0.907. The number of hydrogen-bond donors (Lipinski definition) is 1. The van der Waals surface area contributed by atoms with Crippen molar-refractivity contribution < 1.29 is 24.2 Å². The number of benzene rings is 1. The van der Waals surface area contributed by atoms with Gasteiger partial charge in [0.25, 0.3) is 0 Å². The van der Waals surface area contributed by atoms with Crippen LogP contribution in [0.1, 0.15) is 49.2 Å². The van der Waals surface area contributed by atoms with E-state index < -0.39 is 11.6 Å². The van der Waals surface area contributed by atoms with Crippen LogP contribution in [-0.2, 0) is 9.47 Å². The number of rotatable bonds is 2. The number of carboxylic acids is 1. The van der Waals surface area contributed by atoms with Crippen molar-refractivity contribution in [2.75, 3.05) is 6.54 Å². The standard InChI is InChI=1S/C17H21NO5/c1-17(2,3)23-16(21)18-9-12-8-13(18)14(22-12)10-4-6-11(7-5-10)15(19)20/h4-7,12-14H,8-9H2,1-3H3,(H,19,20)/t12-,13-,14+/m0/s1. The Labute approximate surface area is 135 Å². The number of aromatic carboxylic acids is 1. The van der Waals surface area contributed by atoms with Crippen molar-refractivity contribution in [3.05, 3.63) is 35.4 Å². The second-order valence-corrected chi connectivity index (χ2v) is 7.04. The molecule has 2 saturated heterocycles. The first-order chi connectivity index (χ1) is 10.7. The van der Waals surface area contributed by atoms with Gasteiger partial charge in [0.1, 0.15) is 11.7 Å². The highest BCUT2D eigenvalue weighted by atomic mass is 16.6. The van der Waals surface area contributed by atoms with Crippen molar-refractivity contribution in [1.82, 2.24) is 4.90 Å². The molecule has 1 amide bonds. The van der Waals surface area contributed by atoms with E-state index in [1.165, 1.54) is 0 Å². The Hall–Kier alpha value is -2.08. The van der Waals surface area contributed by atoms with Crippen LogP contribution >= 0.6 is 0 Å². The molecule has 3 rings (SSSR count). The van der Waals surface area contributed by atoms with Crippen molar-refractivity contribution in [3.63, 3.8) is 0 Å². The molecule has 6 nitrogen and oxygen atoms in total. The molecule has 1 N–H and O–H groups in total. The highest BCUT2D eigenvalue weighted by Gasteiger charge is 2.49. The van der Waals surface area contributed by atoms with Gasteiger partial charge in [-0.05, 0) is 44.9 Å². The van der Waals surface area contributed by atoms with Gasteiger partial charge in [0, 0.05) is 0 Å². The summed E-state index contributed by atoms with van der Waals surface area (Å²) < 4.78 is 11.4. The summed E-state index contributed by atoms with van der Waals surface area (Å²) >= 11 is 0. The molecule has 124 valence electrons. The Kier molecular flexibility index (Phi) is 3.80. The van der Waals surface area contributed by atoms with Crippen LogP contribution in [0.4, 0.5) is 4.79 Å². The Morgan fingerprint density at radius 1 is 1.26 bits per heavy atom. The van der Waals surface area contributed by atoms with Crippen molar-refractivity contribution in [2.24, 2.45) is 0 Å². The molecule has 0 aliphatic carbocycles. The maximum atomic E-state index is 12.3. The first-order valence-electron chi connectivity index (χ1n) is 7.73. The molecule has 6 heteroatoms. The number of morpholine rings is 1. The minimum atomic E-state index is -0.958. The molecule has 2 fully saturated rings. The third-order valence-corrected chi connectivity index (χ3v) is 4.11. The maximum Gasteiger partial charge on any atom is 0.410 e. The summed E-state index contributed by atoms with van der Waals surface area (Å²) in [5, 5.41) is 8.97. The topological polar surface area (TPSA) is 76.1 Å². The SMILES string of the molecule is CC(C)(C)OC(=O)N1C[C@@H]2C[C@H]1[C@@H](c1ccc(C(=O)O)cc1)O2. The molecule has 0 saturated carbocycles. The number of ether oxygens (including phenoxy) is 2. The molecule has 0 spiro atoms. The minimum absolute atomic E-state index is 0.0108. The van der Waals surface area contributed by atoms with E-state index in [1.54, 1.807) is 29.2 Å². The van der Waals surface area contributed by atoms with Gasteiger partial charge in [-0.3, -0.25) is 4.90 Å². The number of fused-ring (bicyclic) bond motifs is 2. The van der Waals surface area contributed by atoms with Crippen LogP contribution in [0.25, 0.3) is 0 Å². The van der Waals surface area contributed by atoms with Gasteiger partial charge in [-0.1, -0.05) is 12.1 Å². The second kappa shape index (κ2) is 5.53. The molecule has 0 aromatic heterocycles. The molecule has 23 heavy (non-hydrogen) atoms. The molecule has 2 bridgehead atoms. The van der Waals surface area contributed by atoms with Gasteiger partial charge in [0.2, 0.25) is 0 Å². The first kappa shape index (κ1) is 15.8. The Morgan fingerprint density at radius 2 is 1.91 bits per heavy atom. The van der Waals surface area contributed by atoms with Gasteiger partial charge in [-0.2, -0.15) is 0 Å². The van der Waals surface area contributed by atoms with Crippen LogP contribution < -0.4 is 0 Å². The summed E-state index contributed by atoms with van der Waals surface area (Å²) in [5.74, 6) is -0.958. The van der Waals surface area contributed by atoms with Crippen molar-refractivity contribution >= 4 is 12.1 Å². The van der Waals surface area contributed by atoms with Crippen molar-refractivity contribution in [3.8, 4) is 0 Å². The summed E-state index contributed by atoms with van der Waals surface area (Å²) in [7, 11) is 0. The fourth-order valence-corrected chi connectivity index (χ4v) is 3.16. The highest BCUT2D eigenvalue weighted by molar-refractivity contribution is 5.87. The molecular formula is C17H21NO5. The third-order valence-electron chi connectivity index (χ3n) is 4.11. The number of carboxylic acid groups (broad SMARTS) is 1. The van der Waals surface area contributed by atoms with Gasteiger partial charge < -0.3 is 14.6 Å². The van der Waals surface area contributed by atoms with Gasteiger partial charge in [0.05, 0.1) is 24.3 Å². The molecule has 1 aromatic carbocycles. The predicted molar refractivity (Wildman–Crippen MR) is 82.4 cm³/mol. The van der Waals surface area contributed by atoms with Crippen LogP contribution in [0, 0.1) is 0 Å². The zero-order valence-corrected chi connectivity index (χ0v) is 13.5. The van der Waals surface area contributed by atoms with Crippen LogP contribution in [0.5, 0.6) is 0 Å². The summed E-state index contributed by atoms with van der Waals surface area (Å²) in [5.41, 5.74) is 0.593. The van der Waals surface area contributed by atoms with E-state index in [9.17, 15) is 9.59 Å². The molecule has 2 heterocycles. The predicted octanol–water partition coefficient (Wildman–Crippen LogP) is 2.83. The largest absolute Gasteiger partial charge is 0.478 e. The summed E-state index contributed by atoms with van der Waals surface area (Å²) in [6.07, 6.45) is 0.242. The number of amides is 1. The van der Waals surface area contributed by atoms with Crippen LogP contribution in [-0.4, -0.2) is 46.4 Å². The Balaban J connectivity index is 1.75. The number of hydrogen-bond acceptors (Lipinski definition) is 4. The minimum Gasteiger partial charge on any atom is -0.478 e. The average Bonchev–Trinajstić information content (AvgIpc) is 3.05. The molecular weight excluding hydrogens is 298 g/mol. The smallest absolute Gasteiger partial charge is 0.410 e. The zero-order valence-electron chi connectivity index (χ0n) is 13.5. The van der Waals surface area contributed by atoms with E-state index in [2.05, 4.69) is 0 Å². The number of carbonyl (C=O) groups excluding carboxylic acids is 1. The summed E-state index contributed by atoms with van der Waals surface area (Å²) in [4.78, 5) is 25.0. The first-order valence-corrected chi connectivity index (χ1v) is 7.73. The number of nitrogens with zero attached hydrogens (tertiary/aromatic N) is 1. The van der Waals surface area contributed by atoms with E-state index in [0.29, 0.717) is 6.54 Å². The number of carbonyl (C=O) groups is 2. The molecule has 0 radical (unpaired) electrons. The Bertz CT molecular complexity index is 619. The number of likely N-dealkylation sites (tertiary alicyclic amines) is 1. The lowest BCUT2D eigenvalue weighted by Gasteiger charge is -2.34. The lowest BCUT2D eigenvalue weighted by atomic mass is 10.0. The van der Waals surface area contributed by atoms with Crippen molar-refractivity contribution in [1.29, 1.82) is 0 Å². The third kappa shape index (κ3) is 3.17. The maximum absolute atomic E-state index is 12.3. The van der Waals surface area contributed by atoms with Gasteiger partial charge in [-0.25, -0.2) is 9.59 Å². The Morgan fingerprint density at radius 3 is 2.43 bits per heavy atom. The van der Waals surface area contributed by atoms with Gasteiger partial charge >= 0.3 is 12.1 Å². The highest BCUT2D eigenvalue weighted by Crippen LogP contribution is 2.42. The molecule has 1 aromatic rings. The van der Waals surface area contributed by atoms with E-state index in [-0.39, 0.29) is 29.9 Å². The van der Waals surface area contributed by atoms with Crippen molar-refractivity contribution in [2.45, 2.75) is 51.0 Å². The van der Waals surface area contributed by atoms with E-state index in [1.807, 2.05) is 20.8 Å². The van der Waals surface area contributed by atoms with Crippen LogP contribution in [0.15, 0.2) is 24.3 Å².